The number of amides is 1. The van der Waals surface area contributed by atoms with Crippen LogP contribution in [0, 0.1) is 6.92 Å². The summed E-state index contributed by atoms with van der Waals surface area (Å²) in [4.78, 5) is 24.7. The van der Waals surface area contributed by atoms with Crippen molar-refractivity contribution in [2.45, 2.75) is 19.0 Å². The molecule has 4 rings (SSSR count). The third-order valence-electron chi connectivity index (χ3n) is 5.04. The van der Waals surface area contributed by atoms with Crippen molar-refractivity contribution >= 4 is 45.7 Å². The summed E-state index contributed by atoms with van der Waals surface area (Å²) in [6.45, 7) is 3.85. The number of carbonyl (C=O) groups is 1. The molecule has 1 spiro atoms. The molecule has 1 saturated heterocycles. The first-order valence-electron chi connectivity index (χ1n) is 9.56. The van der Waals surface area contributed by atoms with Gasteiger partial charge >= 0.3 is 0 Å². The molecule has 5 nitrogen and oxygen atoms in total. The van der Waals surface area contributed by atoms with Crippen LogP contribution in [0.5, 0.6) is 0 Å². The summed E-state index contributed by atoms with van der Waals surface area (Å²) in [6.07, 6.45) is 0.903. The smallest absolute Gasteiger partial charge is 0.234 e. The fourth-order valence-electron chi connectivity index (χ4n) is 3.53. The lowest BCUT2D eigenvalue weighted by atomic mass is 10.1. The predicted octanol–water partition coefficient (Wildman–Crippen LogP) is 4.25. The van der Waals surface area contributed by atoms with Crippen LogP contribution in [0.1, 0.15) is 17.5 Å². The minimum atomic E-state index is -0.413. The van der Waals surface area contributed by atoms with Gasteiger partial charge in [-0.25, -0.2) is 4.99 Å². The largest absolute Gasteiger partial charge is 0.325 e. The summed E-state index contributed by atoms with van der Waals surface area (Å²) in [6, 6.07) is 15.4. The number of thioether (sulfide) groups is 1. The first kappa shape index (κ1) is 20.1. The number of hydrogen-bond donors (Lipinski definition) is 1. The van der Waals surface area contributed by atoms with Gasteiger partial charge in [0.15, 0.2) is 5.66 Å². The Hall–Kier alpha value is -2.15. The molecule has 1 atom stereocenters. The number of aryl methyl sites for hydroxylation is 1. The highest BCUT2D eigenvalue weighted by atomic mass is 35.5. The molecule has 7 heteroatoms. The lowest BCUT2D eigenvalue weighted by Gasteiger charge is -2.15. The Morgan fingerprint density at radius 2 is 1.90 bits per heavy atom. The minimum absolute atomic E-state index is 0.0761. The summed E-state index contributed by atoms with van der Waals surface area (Å²) in [7, 11) is 2.09. The third kappa shape index (κ3) is 4.71. The average Bonchev–Trinajstić information content (AvgIpc) is 3.24. The number of benzene rings is 2. The van der Waals surface area contributed by atoms with Crippen molar-refractivity contribution in [3.8, 4) is 0 Å². The maximum atomic E-state index is 12.4. The van der Waals surface area contributed by atoms with E-state index in [0.717, 1.165) is 41.5 Å². The molecule has 1 amide bonds. The Kier molecular flexibility index (Phi) is 5.76. The van der Waals surface area contributed by atoms with Crippen LogP contribution in [0.3, 0.4) is 0 Å². The number of rotatable bonds is 4. The van der Waals surface area contributed by atoms with Gasteiger partial charge in [-0.1, -0.05) is 53.2 Å². The summed E-state index contributed by atoms with van der Waals surface area (Å²) in [5.74, 6) is 0.200. The Bertz CT molecular complexity index is 971. The third-order valence-corrected chi connectivity index (χ3v) is 6.26. The Labute approximate surface area is 180 Å². The maximum absolute atomic E-state index is 12.4. The average molecular weight is 427 g/mol. The van der Waals surface area contributed by atoms with E-state index in [4.69, 9.17) is 21.6 Å². The molecule has 2 aromatic carbocycles. The zero-order valence-electron chi connectivity index (χ0n) is 16.5. The van der Waals surface area contributed by atoms with Crippen molar-refractivity contribution in [3.05, 3.63) is 64.7 Å². The molecule has 2 aliphatic rings. The molecule has 0 aromatic heterocycles. The van der Waals surface area contributed by atoms with Crippen LogP contribution in [0.2, 0.25) is 5.02 Å². The molecule has 0 saturated carbocycles. The van der Waals surface area contributed by atoms with E-state index < -0.39 is 5.66 Å². The second kappa shape index (κ2) is 8.30. The van der Waals surface area contributed by atoms with E-state index in [-0.39, 0.29) is 11.7 Å². The van der Waals surface area contributed by atoms with Gasteiger partial charge in [-0.15, -0.1) is 0 Å². The molecule has 2 aromatic rings. The number of aliphatic imine (C=N–C) groups is 2. The number of nitrogens with zero attached hydrogens (tertiary/aromatic N) is 3. The number of hydrogen-bond acceptors (Lipinski definition) is 5. The van der Waals surface area contributed by atoms with E-state index in [1.54, 1.807) is 24.3 Å². The van der Waals surface area contributed by atoms with Crippen LogP contribution in [-0.4, -0.2) is 53.1 Å². The second-order valence-corrected chi connectivity index (χ2v) is 8.96. The molecule has 1 fully saturated rings. The molecule has 150 valence electrons. The predicted molar refractivity (Wildman–Crippen MR) is 123 cm³/mol. The zero-order chi connectivity index (χ0) is 20.4. The molecule has 1 N–H and O–H groups in total. The van der Waals surface area contributed by atoms with Gasteiger partial charge in [0.2, 0.25) is 5.91 Å². The van der Waals surface area contributed by atoms with Crippen LogP contribution < -0.4 is 5.32 Å². The van der Waals surface area contributed by atoms with Crippen molar-refractivity contribution < 1.29 is 4.79 Å². The highest BCUT2D eigenvalue weighted by Crippen LogP contribution is 2.34. The van der Waals surface area contributed by atoms with Gasteiger partial charge in [0.25, 0.3) is 0 Å². The van der Waals surface area contributed by atoms with Crippen molar-refractivity contribution in [1.29, 1.82) is 0 Å². The summed E-state index contributed by atoms with van der Waals surface area (Å²) < 4.78 is 0. The zero-order valence-corrected chi connectivity index (χ0v) is 18.1. The van der Waals surface area contributed by atoms with Crippen LogP contribution in [0.25, 0.3) is 0 Å². The van der Waals surface area contributed by atoms with Gasteiger partial charge in [-0.3, -0.25) is 9.79 Å². The molecule has 2 aliphatic heterocycles. The fourth-order valence-corrected chi connectivity index (χ4v) is 4.53. The topological polar surface area (TPSA) is 57.1 Å². The lowest BCUT2D eigenvalue weighted by molar-refractivity contribution is -0.113. The van der Waals surface area contributed by atoms with Gasteiger partial charge in [0.1, 0.15) is 5.04 Å². The molecule has 0 radical (unpaired) electrons. The molecule has 1 unspecified atom stereocenters. The van der Waals surface area contributed by atoms with E-state index in [2.05, 4.69) is 48.5 Å². The Balaban J connectivity index is 1.50. The normalized spacial score (nSPS) is 21.3. The first-order chi connectivity index (χ1) is 13.9. The van der Waals surface area contributed by atoms with E-state index in [1.165, 1.54) is 17.3 Å². The van der Waals surface area contributed by atoms with Gasteiger partial charge < -0.3 is 10.2 Å². The maximum Gasteiger partial charge on any atom is 0.234 e. The highest BCUT2D eigenvalue weighted by molar-refractivity contribution is 8.16. The number of likely N-dealkylation sites (tertiary alicyclic amines) is 1. The van der Waals surface area contributed by atoms with Crippen molar-refractivity contribution in [1.82, 2.24) is 4.90 Å². The first-order valence-corrected chi connectivity index (χ1v) is 10.9. The van der Waals surface area contributed by atoms with Gasteiger partial charge in [-0.05, 0) is 38.2 Å². The number of nitrogens with one attached hydrogen (secondary N) is 1. The number of halogens is 1. The molecule has 0 bridgehead atoms. The molecular formula is C22H23ClN4OS. The van der Waals surface area contributed by atoms with Crippen molar-refractivity contribution in [2.75, 3.05) is 31.2 Å². The monoisotopic (exact) mass is 426 g/mol. The molecule has 29 heavy (non-hydrogen) atoms. The van der Waals surface area contributed by atoms with E-state index >= 15 is 0 Å². The van der Waals surface area contributed by atoms with Crippen LogP contribution >= 0.6 is 23.4 Å². The summed E-state index contributed by atoms with van der Waals surface area (Å²) in [5, 5.41) is 4.39. The summed E-state index contributed by atoms with van der Waals surface area (Å²) >= 11 is 7.35. The van der Waals surface area contributed by atoms with Gasteiger partial charge in [0, 0.05) is 35.8 Å². The highest BCUT2D eigenvalue weighted by Gasteiger charge is 2.41. The van der Waals surface area contributed by atoms with Gasteiger partial charge in [-0.2, -0.15) is 0 Å². The second-order valence-electron chi connectivity index (χ2n) is 7.56. The summed E-state index contributed by atoms with van der Waals surface area (Å²) in [5.41, 5.74) is 3.46. The van der Waals surface area contributed by atoms with Crippen molar-refractivity contribution in [2.24, 2.45) is 9.98 Å². The van der Waals surface area contributed by atoms with Gasteiger partial charge in [0.05, 0.1) is 11.5 Å². The standard InChI is InChI=1S/C22H23ClN4OS/c1-15-3-5-16(6-4-15)20-21(26-22(25-20)11-12-27(2)14-22)29-13-19(28)24-18-9-7-17(23)8-10-18/h3-10H,11-14H2,1-2H3,(H,24,28). The van der Waals surface area contributed by atoms with Crippen LogP contribution in [0.4, 0.5) is 5.69 Å². The van der Waals surface area contributed by atoms with E-state index in [9.17, 15) is 4.79 Å². The number of carbonyl (C=O) groups excluding carboxylic acids is 1. The van der Waals surface area contributed by atoms with Crippen LogP contribution in [0.15, 0.2) is 58.5 Å². The fraction of sp³-hybridized carbons (Fsp3) is 0.318. The molecule has 0 aliphatic carbocycles. The van der Waals surface area contributed by atoms with Crippen LogP contribution in [-0.2, 0) is 4.79 Å². The minimum Gasteiger partial charge on any atom is -0.325 e. The Morgan fingerprint density at radius 3 is 2.55 bits per heavy atom. The van der Waals surface area contributed by atoms with E-state index in [0.29, 0.717) is 5.02 Å². The number of anilines is 1. The lowest BCUT2D eigenvalue weighted by Crippen LogP contribution is -2.26. The van der Waals surface area contributed by atoms with E-state index in [1.807, 2.05) is 0 Å². The Morgan fingerprint density at radius 1 is 1.17 bits per heavy atom. The molecule has 2 heterocycles. The molecular weight excluding hydrogens is 404 g/mol. The number of likely N-dealkylation sites (N-methyl/N-ethyl adjacent to an activating group) is 1. The van der Waals surface area contributed by atoms with Crippen molar-refractivity contribution in [3.63, 3.8) is 0 Å². The SMILES string of the molecule is Cc1ccc(C2=NC3(CCN(C)C3)N=C2SCC(=O)Nc2ccc(Cl)cc2)cc1. The quantitative estimate of drug-likeness (QED) is 0.794.